The van der Waals surface area contributed by atoms with Crippen LogP contribution in [0.15, 0.2) is 78.9 Å². The monoisotopic (exact) mass is 471 g/mol. The van der Waals surface area contributed by atoms with Gasteiger partial charge in [0.2, 0.25) is 11.8 Å². The first kappa shape index (κ1) is 24.3. The van der Waals surface area contributed by atoms with Crippen molar-refractivity contribution in [3.05, 3.63) is 90.0 Å². The van der Waals surface area contributed by atoms with Gasteiger partial charge in [0, 0.05) is 44.8 Å². The molecule has 0 saturated carbocycles. The third kappa shape index (κ3) is 6.61. The van der Waals surface area contributed by atoms with Crippen molar-refractivity contribution in [3.63, 3.8) is 0 Å². The molecule has 4 N–H and O–H groups in total. The Morgan fingerprint density at radius 3 is 2.20 bits per heavy atom. The molecule has 4 rings (SSSR count). The first-order chi connectivity index (χ1) is 17.1. The van der Waals surface area contributed by atoms with Crippen molar-refractivity contribution in [2.75, 3.05) is 42.9 Å². The molecule has 0 aromatic heterocycles. The van der Waals surface area contributed by atoms with Gasteiger partial charge in [-0.05, 0) is 41.8 Å². The maximum Gasteiger partial charge on any atom is 0.242 e. The lowest BCUT2D eigenvalue weighted by Crippen LogP contribution is -2.51. The Morgan fingerprint density at radius 1 is 0.800 bits per heavy atom. The molecule has 7 heteroatoms. The fourth-order valence-corrected chi connectivity index (χ4v) is 4.35. The first-order valence-electron chi connectivity index (χ1n) is 12.1. The van der Waals surface area contributed by atoms with Gasteiger partial charge in [-0.15, -0.1) is 0 Å². The van der Waals surface area contributed by atoms with Crippen LogP contribution >= 0.6 is 0 Å². The molecule has 0 aliphatic carbocycles. The minimum atomic E-state index is -0.121. The third-order valence-electron chi connectivity index (χ3n) is 6.33. The number of anilines is 3. The molecular formula is C28H33N5O2. The number of amides is 2. The first-order valence-corrected chi connectivity index (χ1v) is 12.1. The van der Waals surface area contributed by atoms with E-state index in [1.54, 1.807) is 0 Å². The number of carbonyl (C=O) groups is 2. The van der Waals surface area contributed by atoms with E-state index in [1.807, 2.05) is 71.6 Å². The maximum absolute atomic E-state index is 12.7. The van der Waals surface area contributed by atoms with Gasteiger partial charge in [-0.1, -0.05) is 54.6 Å². The van der Waals surface area contributed by atoms with E-state index in [0.29, 0.717) is 32.5 Å². The quantitative estimate of drug-likeness (QED) is 0.446. The highest BCUT2D eigenvalue weighted by Crippen LogP contribution is 2.29. The molecular weight excluding hydrogens is 438 g/mol. The van der Waals surface area contributed by atoms with Gasteiger partial charge in [0.15, 0.2) is 0 Å². The summed E-state index contributed by atoms with van der Waals surface area (Å²) in [4.78, 5) is 29.1. The van der Waals surface area contributed by atoms with E-state index >= 15 is 0 Å². The predicted molar refractivity (Wildman–Crippen MR) is 141 cm³/mol. The Morgan fingerprint density at radius 2 is 1.46 bits per heavy atom. The van der Waals surface area contributed by atoms with Gasteiger partial charge in [-0.2, -0.15) is 0 Å². The lowest BCUT2D eigenvalue weighted by Gasteiger charge is -2.37. The zero-order valence-corrected chi connectivity index (χ0v) is 20.0. The largest absolute Gasteiger partial charge is 0.366 e. The number of aryl methyl sites for hydroxylation is 1. The molecule has 0 bridgehead atoms. The smallest absolute Gasteiger partial charge is 0.242 e. The number of hydrogen-bond donors (Lipinski definition) is 3. The van der Waals surface area contributed by atoms with Crippen molar-refractivity contribution < 1.29 is 9.59 Å². The molecule has 2 amide bonds. The average Bonchev–Trinajstić information content (AvgIpc) is 2.91. The van der Waals surface area contributed by atoms with Crippen molar-refractivity contribution in [1.82, 2.24) is 10.2 Å². The van der Waals surface area contributed by atoms with Gasteiger partial charge in [0.05, 0.1) is 17.9 Å². The number of para-hydroxylation sites is 3. The van der Waals surface area contributed by atoms with Gasteiger partial charge in [-0.25, -0.2) is 0 Å². The molecule has 1 heterocycles. The molecule has 182 valence electrons. The van der Waals surface area contributed by atoms with Crippen LogP contribution in [0.2, 0.25) is 0 Å². The summed E-state index contributed by atoms with van der Waals surface area (Å²) in [5.41, 5.74) is 11.1. The fraction of sp³-hybridized carbons (Fsp3) is 0.286. The summed E-state index contributed by atoms with van der Waals surface area (Å²) >= 11 is 0. The maximum atomic E-state index is 12.7. The summed E-state index contributed by atoms with van der Waals surface area (Å²) in [7, 11) is 0. The van der Waals surface area contributed by atoms with E-state index in [1.165, 1.54) is 0 Å². The molecule has 35 heavy (non-hydrogen) atoms. The number of piperazine rings is 1. The molecule has 0 radical (unpaired) electrons. The Labute approximate surface area is 206 Å². The van der Waals surface area contributed by atoms with Crippen LogP contribution < -0.4 is 21.3 Å². The fourth-order valence-electron chi connectivity index (χ4n) is 4.35. The van der Waals surface area contributed by atoms with Crippen molar-refractivity contribution in [2.24, 2.45) is 5.73 Å². The summed E-state index contributed by atoms with van der Waals surface area (Å²) in [6, 6.07) is 26.2. The number of carbonyl (C=O) groups excluding carboxylic acids is 2. The second kappa shape index (κ2) is 12.0. The highest BCUT2D eigenvalue weighted by molar-refractivity contribution is 5.85. The topological polar surface area (TPSA) is 90.7 Å². The Kier molecular flexibility index (Phi) is 8.35. The van der Waals surface area contributed by atoms with Crippen LogP contribution in [0.1, 0.15) is 17.5 Å². The highest BCUT2D eigenvalue weighted by Gasteiger charge is 2.23. The number of rotatable bonds is 9. The number of benzene rings is 3. The summed E-state index contributed by atoms with van der Waals surface area (Å²) in [5, 5.41) is 6.27. The number of hydrogen-bond acceptors (Lipinski definition) is 5. The predicted octanol–water partition coefficient (Wildman–Crippen LogP) is 3.29. The van der Waals surface area contributed by atoms with Crippen LogP contribution in [0.5, 0.6) is 0 Å². The van der Waals surface area contributed by atoms with Gasteiger partial charge in [0.25, 0.3) is 0 Å². The van der Waals surface area contributed by atoms with Gasteiger partial charge in [-0.3, -0.25) is 9.59 Å². The zero-order chi connectivity index (χ0) is 24.5. The molecule has 0 spiro atoms. The van der Waals surface area contributed by atoms with E-state index in [9.17, 15) is 9.59 Å². The standard InChI is InChI=1S/C28H33N5O2/c29-20-23-9-5-4-8-22(23)14-15-27(34)30-21-28(35)33-18-16-32(17-19-33)26-13-7-6-12-25(26)31-24-10-2-1-3-11-24/h1-13,31H,14-21,29H2,(H,30,34). The SMILES string of the molecule is NCc1ccccc1CCC(=O)NCC(=O)N1CCN(c2ccccc2Nc2ccccc2)CC1. The van der Waals surface area contributed by atoms with Crippen LogP contribution in [0.25, 0.3) is 0 Å². The average molecular weight is 472 g/mol. The minimum absolute atomic E-state index is 0.0313. The lowest BCUT2D eigenvalue weighted by atomic mass is 10.0. The molecule has 0 unspecified atom stereocenters. The van der Waals surface area contributed by atoms with Crippen molar-refractivity contribution in [3.8, 4) is 0 Å². The van der Waals surface area contributed by atoms with E-state index in [4.69, 9.17) is 5.73 Å². The van der Waals surface area contributed by atoms with Crippen LogP contribution in [-0.4, -0.2) is 49.4 Å². The molecule has 3 aromatic rings. The van der Waals surface area contributed by atoms with Crippen LogP contribution in [0, 0.1) is 0 Å². The lowest BCUT2D eigenvalue weighted by molar-refractivity contribution is -0.133. The molecule has 0 atom stereocenters. The number of nitrogens with one attached hydrogen (secondary N) is 2. The van der Waals surface area contributed by atoms with E-state index in [0.717, 1.165) is 41.3 Å². The molecule has 1 aliphatic rings. The van der Waals surface area contributed by atoms with Crippen LogP contribution in [-0.2, 0) is 22.6 Å². The Balaban J connectivity index is 1.24. The normalized spacial score (nSPS) is 13.4. The van der Waals surface area contributed by atoms with Gasteiger partial charge < -0.3 is 26.2 Å². The van der Waals surface area contributed by atoms with Crippen LogP contribution in [0.3, 0.4) is 0 Å². The van der Waals surface area contributed by atoms with Crippen LogP contribution in [0.4, 0.5) is 17.1 Å². The third-order valence-corrected chi connectivity index (χ3v) is 6.33. The number of nitrogens with two attached hydrogens (primary N) is 1. The van der Waals surface area contributed by atoms with Crippen molar-refractivity contribution in [1.29, 1.82) is 0 Å². The Bertz CT molecular complexity index is 1130. The molecule has 3 aromatic carbocycles. The highest BCUT2D eigenvalue weighted by atomic mass is 16.2. The van der Waals surface area contributed by atoms with E-state index < -0.39 is 0 Å². The van der Waals surface area contributed by atoms with Gasteiger partial charge >= 0.3 is 0 Å². The van der Waals surface area contributed by atoms with E-state index in [-0.39, 0.29) is 18.4 Å². The zero-order valence-electron chi connectivity index (χ0n) is 20.0. The second-order valence-electron chi connectivity index (χ2n) is 8.63. The molecule has 1 aliphatic heterocycles. The van der Waals surface area contributed by atoms with Crippen molar-refractivity contribution >= 4 is 28.9 Å². The second-order valence-corrected chi connectivity index (χ2v) is 8.63. The summed E-state index contributed by atoms with van der Waals surface area (Å²) in [6.45, 7) is 3.21. The van der Waals surface area contributed by atoms with Crippen molar-refractivity contribution in [2.45, 2.75) is 19.4 Å². The molecule has 1 fully saturated rings. The minimum Gasteiger partial charge on any atom is -0.366 e. The molecule has 1 saturated heterocycles. The van der Waals surface area contributed by atoms with E-state index in [2.05, 4.69) is 27.7 Å². The summed E-state index contributed by atoms with van der Waals surface area (Å²) in [6.07, 6.45) is 0.950. The summed E-state index contributed by atoms with van der Waals surface area (Å²) < 4.78 is 0. The molecule has 7 nitrogen and oxygen atoms in total. The Hall–Kier alpha value is -3.84. The summed E-state index contributed by atoms with van der Waals surface area (Å²) in [5.74, 6) is -0.166. The number of nitrogens with zero attached hydrogens (tertiary/aromatic N) is 2. The van der Waals surface area contributed by atoms with Gasteiger partial charge in [0.1, 0.15) is 0 Å².